The van der Waals surface area contributed by atoms with Crippen molar-refractivity contribution < 1.29 is 13.2 Å². The highest BCUT2D eigenvalue weighted by atomic mass is 32.2. The maximum atomic E-state index is 12.7. The van der Waals surface area contributed by atoms with Crippen molar-refractivity contribution in [2.24, 2.45) is 0 Å². The fraction of sp³-hybridized carbons (Fsp3) is 0.588. The molecule has 0 saturated carbocycles. The van der Waals surface area contributed by atoms with E-state index in [0.717, 1.165) is 32.1 Å². The summed E-state index contributed by atoms with van der Waals surface area (Å²) in [6, 6.07) is 6.27. The summed E-state index contributed by atoms with van der Waals surface area (Å²) in [6.45, 7) is 5.23. The molecular weight excluding hydrogens is 312 g/mol. The van der Waals surface area contributed by atoms with Gasteiger partial charge in [0, 0.05) is 24.7 Å². The summed E-state index contributed by atoms with van der Waals surface area (Å²) in [5.41, 5.74) is 0.492. The third-order valence-corrected chi connectivity index (χ3v) is 6.31. The second-order valence-corrected chi connectivity index (χ2v) is 7.98. The molecule has 0 spiro atoms. The van der Waals surface area contributed by atoms with Crippen LogP contribution in [0.1, 0.15) is 56.3 Å². The van der Waals surface area contributed by atoms with Crippen molar-refractivity contribution in [1.82, 2.24) is 9.62 Å². The van der Waals surface area contributed by atoms with E-state index in [4.69, 9.17) is 0 Å². The van der Waals surface area contributed by atoms with Gasteiger partial charge in [-0.25, -0.2) is 8.42 Å². The van der Waals surface area contributed by atoms with Crippen LogP contribution in [0.25, 0.3) is 0 Å². The molecule has 0 aromatic heterocycles. The van der Waals surface area contributed by atoms with E-state index in [9.17, 15) is 13.2 Å². The van der Waals surface area contributed by atoms with Crippen molar-refractivity contribution in [2.75, 3.05) is 13.1 Å². The Balaban J connectivity index is 2.10. The molecule has 1 aliphatic heterocycles. The lowest BCUT2D eigenvalue weighted by atomic mass is 10.1. The standard InChI is InChI=1S/C17H26N2O3S/c1-3-4-12-18-17(20)15-8-10-16(11-9-15)23(21,22)19-13-6-5-7-14(19)2/h8-11,14H,3-7,12-13H2,1-2H3,(H,18,20). The van der Waals surface area contributed by atoms with Crippen LogP contribution < -0.4 is 5.32 Å². The molecule has 2 rings (SSSR count). The maximum absolute atomic E-state index is 12.7. The molecule has 23 heavy (non-hydrogen) atoms. The first-order chi connectivity index (χ1) is 11.0. The number of nitrogens with zero attached hydrogens (tertiary/aromatic N) is 1. The molecule has 6 heteroatoms. The van der Waals surface area contributed by atoms with Crippen LogP contribution in [-0.4, -0.2) is 37.8 Å². The Bertz CT molecular complexity index is 626. The van der Waals surface area contributed by atoms with Gasteiger partial charge in [-0.15, -0.1) is 0 Å². The molecular formula is C17H26N2O3S. The number of nitrogens with one attached hydrogen (secondary N) is 1. The molecule has 0 radical (unpaired) electrons. The summed E-state index contributed by atoms with van der Waals surface area (Å²) in [4.78, 5) is 12.2. The van der Waals surface area contributed by atoms with Gasteiger partial charge in [-0.3, -0.25) is 4.79 Å². The van der Waals surface area contributed by atoms with Crippen molar-refractivity contribution in [1.29, 1.82) is 0 Å². The molecule has 0 bridgehead atoms. The first-order valence-corrected chi connectivity index (χ1v) is 9.81. The first-order valence-electron chi connectivity index (χ1n) is 8.37. The molecule has 1 heterocycles. The summed E-state index contributed by atoms with van der Waals surface area (Å²) in [5, 5.41) is 2.83. The number of piperidine rings is 1. The highest BCUT2D eigenvalue weighted by Gasteiger charge is 2.30. The van der Waals surface area contributed by atoms with E-state index in [2.05, 4.69) is 12.2 Å². The van der Waals surface area contributed by atoms with E-state index < -0.39 is 10.0 Å². The lowest BCUT2D eigenvalue weighted by Crippen LogP contribution is -2.41. The van der Waals surface area contributed by atoms with Crippen LogP contribution in [0, 0.1) is 0 Å². The highest BCUT2D eigenvalue weighted by Crippen LogP contribution is 2.25. The molecule has 0 aliphatic carbocycles. The minimum Gasteiger partial charge on any atom is -0.352 e. The lowest BCUT2D eigenvalue weighted by molar-refractivity contribution is 0.0953. The minimum atomic E-state index is -3.47. The van der Waals surface area contributed by atoms with Crippen LogP contribution in [0.4, 0.5) is 0 Å². The van der Waals surface area contributed by atoms with Gasteiger partial charge in [0.25, 0.3) is 5.91 Å². The molecule has 1 aliphatic rings. The number of hydrogen-bond donors (Lipinski definition) is 1. The van der Waals surface area contributed by atoms with E-state index in [0.29, 0.717) is 18.7 Å². The van der Waals surface area contributed by atoms with Gasteiger partial charge in [-0.1, -0.05) is 19.8 Å². The smallest absolute Gasteiger partial charge is 0.251 e. The van der Waals surface area contributed by atoms with Gasteiger partial charge < -0.3 is 5.32 Å². The number of benzene rings is 1. The third-order valence-electron chi connectivity index (χ3n) is 4.28. The molecule has 1 saturated heterocycles. The fourth-order valence-electron chi connectivity index (χ4n) is 2.82. The van der Waals surface area contributed by atoms with E-state index in [1.807, 2.05) is 6.92 Å². The summed E-state index contributed by atoms with van der Waals surface area (Å²) in [7, 11) is -3.47. The summed E-state index contributed by atoms with van der Waals surface area (Å²) in [5.74, 6) is -0.159. The lowest BCUT2D eigenvalue weighted by Gasteiger charge is -2.32. The molecule has 128 valence electrons. The van der Waals surface area contributed by atoms with Crippen LogP contribution >= 0.6 is 0 Å². The molecule has 1 aromatic carbocycles. The molecule has 1 aromatic rings. The Morgan fingerprint density at radius 3 is 2.57 bits per heavy atom. The van der Waals surface area contributed by atoms with Gasteiger partial charge in [-0.2, -0.15) is 4.31 Å². The molecule has 1 amide bonds. The zero-order valence-electron chi connectivity index (χ0n) is 13.9. The number of unbranched alkanes of at least 4 members (excludes halogenated alkanes) is 1. The van der Waals surface area contributed by atoms with Crippen LogP contribution in [0.2, 0.25) is 0 Å². The summed E-state index contributed by atoms with van der Waals surface area (Å²) in [6.07, 6.45) is 4.83. The zero-order valence-corrected chi connectivity index (χ0v) is 14.7. The zero-order chi connectivity index (χ0) is 16.9. The number of hydrogen-bond acceptors (Lipinski definition) is 3. The van der Waals surface area contributed by atoms with Gasteiger partial charge >= 0.3 is 0 Å². The normalized spacial score (nSPS) is 19.5. The minimum absolute atomic E-state index is 0.0331. The maximum Gasteiger partial charge on any atom is 0.251 e. The Labute approximate surface area is 139 Å². The van der Waals surface area contributed by atoms with Crippen LogP contribution in [0.3, 0.4) is 0 Å². The van der Waals surface area contributed by atoms with E-state index >= 15 is 0 Å². The monoisotopic (exact) mass is 338 g/mol. The van der Waals surface area contributed by atoms with Crippen molar-refractivity contribution in [3.05, 3.63) is 29.8 Å². The number of sulfonamides is 1. The van der Waals surface area contributed by atoms with Gasteiger partial charge in [-0.05, 0) is 50.5 Å². The van der Waals surface area contributed by atoms with Crippen LogP contribution in [0.5, 0.6) is 0 Å². The average molecular weight is 338 g/mol. The first kappa shape index (κ1) is 17.9. The molecule has 1 fully saturated rings. The van der Waals surface area contributed by atoms with E-state index in [1.54, 1.807) is 16.4 Å². The van der Waals surface area contributed by atoms with Gasteiger partial charge in [0.1, 0.15) is 0 Å². The topological polar surface area (TPSA) is 66.5 Å². The molecule has 1 atom stereocenters. The van der Waals surface area contributed by atoms with Crippen molar-refractivity contribution >= 4 is 15.9 Å². The van der Waals surface area contributed by atoms with Gasteiger partial charge in [0.2, 0.25) is 10.0 Å². The second kappa shape index (κ2) is 7.93. The largest absolute Gasteiger partial charge is 0.352 e. The molecule has 1 unspecified atom stereocenters. The van der Waals surface area contributed by atoms with Crippen molar-refractivity contribution in [3.63, 3.8) is 0 Å². The number of carbonyl (C=O) groups excluding carboxylic acids is 1. The quantitative estimate of drug-likeness (QED) is 0.811. The SMILES string of the molecule is CCCCNC(=O)c1ccc(S(=O)(=O)N2CCCCC2C)cc1. The fourth-order valence-corrected chi connectivity index (χ4v) is 4.52. The summed E-state index contributed by atoms with van der Waals surface area (Å²) >= 11 is 0. The van der Waals surface area contributed by atoms with Crippen LogP contribution in [0.15, 0.2) is 29.2 Å². The summed E-state index contributed by atoms with van der Waals surface area (Å²) < 4.78 is 27.0. The van der Waals surface area contributed by atoms with E-state index in [1.165, 1.54) is 12.1 Å². The Morgan fingerprint density at radius 1 is 1.26 bits per heavy atom. The van der Waals surface area contributed by atoms with Crippen LogP contribution in [-0.2, 0) is 10.0 Å². The van der Waals surface area contributed by atoms with Crippen molar-refractivity contribution in [3.8, 4) is 0 Å². The number of amides is 1. The number of carbonyl (C=O) groups is 1. The van der Waals surface area contributed by atoms with Gasteiger partial charge in [0.05, 0.1) is 4.90 Å². The van der Waals surface area contributed by atoms with Crippen molar-refractivity contribution in [2.45, 2.75) is 56.9 Å². The van der Waals surface area contributed by atoms with E-state index in [-0.39, 0.29) is 16.8 Å². The number of rotatable bonds is 6. The molecule has 1 N–H and O–H groups in total. The Kier molecular flexibility index (Phi) is 6.18. The molecule has 5 nitrogen and oxygen atoms in total. The predicted octanol–water partition coefficient (Wildman–Crippen LogP) is 2.78. The Morgan fingerprint density at radius 2 is 1.96 bits per heavy atom. The Hall–Kier alpha value is -1.40. The highest BCUT2D eigenvalue weighted by molar-refractivity contribution is 7.89. The van der Waals surface area contributed by atoms with Gasteiger partial charge in [0.15, 0.2) is 0 Å². The predicted molar refractivity (Wildman–Crippen MR) is 90.9 cm³/mol. The average Bonchev–Trinajstić information content (AvgIpc) is 2.55. The second-order valence-electron chi connectivity index (χ2n) is 6.09. The third kappa shape index (κ3) is 4.32.